The number of hydrogen-bond acceptors (Lipinski definition) is 3. The van der Waals surface area contributed by atoms with E-state index in [0.29, 0.717) is 12.5 Å². The third-order valence-corrected chi connectivity index (χ3v) is 5.85. The van der Waals surface area contributed by atoms with Crippen LogP contribution in [0.15, 0.2) is 35.7 Å². The molecule has 0 aliphatic carbocycles. The summed E-state index contributed by atoms with van der Waals surface area (Å²) >= 11 is 1.52. The zero-order valence-corrected chi connectivity index (χ0v) is 16.1. The number of nitrogens with zero attached hydrogens (tertiary/aromatic N) is 1. The van der Waals surface area contributed by atoms with E-state index in [1.807, 2.05) is 28.5 Å². The molecule has 1 aromatic carbocycles. The number of hydrogen-bond donors (Lipinski definition) is 0. The van der Waals surface area contributed by atoms with Crippen LogP contribution in [-0.2, 0) is 6.61 Å². The van der Waals surface area contributed by atoms with Gasteiger partial charge in [-0.2, -0.15) is 0 Å². The summed E-state index contributed by atoms with van der Waals surface area (Å²) in [6.45, 7) is 8.89. The van der Waals surface area contributed by atoms with E-state index < -0.39 is 0 Å². The maximum absolute atomic E-state index is 12.6. The molecule has 4 heteroatoms. The maximum Gasteiger partial charge on any atom is 0.263 e. The zero-order valence-electron chi connectivity index (χ0n) is 15.3. The van der Waals surface area contributed by atoms with Crippen molar-refractivity contribution in [1.82, 2.24) is 4.90 Å². The smallest absolute Gasteiger partial charge is 0.263 e. The first-order chi connectivity index (χ1) is 12.0. The Morgan fingerprint density at radius 2 is 1.92 bits per heavy atom. The number of carbonyl (C=O) groups excluding carboxylic acids is 1. The first kappa shape index (κ1) is 18.0. The van der Waals surface area contributed by atoms with E-state index in [0.717, 1.165) is 48.0 Å². The summed E-state index contributed by atoms with van der Waals surface area (Å²) in [5.74, 6) is 2.30. The quantitative estimate of drug-likeness (QED) is 0.724. The molecule has 1 amide bonds. The molecule has 25 heavy (non-hydrogen) atoms. The Labute approximate surface area is 154 Å². The van der Waals surface area contributed by atoms with Crippen LogP contribution in [0.2, 0.25) is 0 Å². The van der Waals surface area contributed by atoms with Crippen LogP contribution in [0.3, 0.4) is 0 Å². The highest BCUT2D eigenvalue weighted by atomic mass is 32.1. The van der Waals surface area contributed by atoms with Gasteiger partial charge in [0.15, 0.2) is 0 Å². The molecule has 1 aliphatic heterocycles. The summed E-state index contributed by atoms with van der Waals surface area (Å²) in [5.41, 5.74) is 2.37. The van der Waals surface area contributed by atoms with Crippen LogP contribution in [0, 0.1) is 5.92 Å². The summed E-state index contributed by atoms with van der Waals surface area (Å²) < 4.78 is 5.86. The lowest BCUT2D eigenvalue weighted by atomic mass is 9.99. The molecule has 1 saturated heterocycles. The Balaban J connectivity index is 1.55. The normalized spacial score (nSPS) is 15.6. The molecule has 0 bridgehead atoms. The van der Waals surface area contributed by atoms with Crippen LogP contribution < -0.4 is 4.74 Å². The van der Waals surface area contributed by atoms with Crippen molar-refractivity contribution >= 4 is 17.2 Å². The molecule has 3 nitrogen and oxygen atoms in total. The molecule has 0 atom stereocenters. The standard InChI is InChI=1S/C21H27NO2S/c1-15(2)18-4-6-19(7-5-18)24-13-17-12-20(25-14-17)21(23)22-10-8-16(3)9-11-22/h4-7,12,14-16H,8-11,13H2,1-3H3. The number of benzene rings is 1. The van der Waals surface area contributed by atoms with Crippen molar-refractivity contribution in [3.8, 4) is 5.75 Å². The second-order valence-electron chi connectivity index (χ2n) is 7.31. The topological polar surface area (TPSA) is 29.5 Å². The number of rotatable bonds is 5. The van der Waals surface area contributed by atoms with Gasteiger partial charge in [0.1, 0.15) is 12.4 Å². The summed E-state index contributed by atoms with van der Waals surface area (Å²) in [6, 6.07) is 10.2. The third-order valence-electron chi connectivity index (χ3n) is 4.89. The lowest BCUT2D eigenvalue weighted by molar-refractivity contribution is 0.0702. The summed E-state index contributed by atoms with van der Waals surface area (Å²) in [6.07, 6.45) is 2.22. The molecule has 3 rings (SSSR count). The summed E-state index contributed by atoms with van der Waals surface area (Å²) in [5, 5.41) is 2.03. The molecule has 0 unspecified atom stereocenters. The lowest BCUT2D eigenvalue weighted by Crippen LogP contribution is -2.37. The van der Waals surface area contributed by atoms with E-state index in [1.165, 1.54) is 16.9 Å². The van der Waals surface area contributed by atoms with E-state index in [1.54, 1.807) is 0 Å². The molecule has 0 radical (unpaired) electrons. The van der Waals surface area contributed by atoms with Crippen LogP contribution in [0.5, 0.6) is 5.75 Å². The fraction of sp³-hybridized carbons (Fsp3) is 0.476. The Morgan fingerprint density at radius 3 is 2.56 bits per heavy atom. The molecule has 0 spiro atoms. The number of amides is 1. The second kappa shape index (κ2) is 8.05. The van der Waals surface area contributed by atoms with E-state index in [2.05, 4.69) is 32.9 Å². The minimum atomic E-state index is 0.171. The highest BCUT2D eigenvalue weighted by Crippen LogP contribution is 2.23. The van der Waals surface area contributed by atoms with Gasteiger partial charge in [-0.3, -0.25) is 4.79 Å². The van der Waals surface area contributed by atoms with E-state index in [4.69, 9.17) is 4.74 Å². The van der Waals surface area contributed by atoms with Gasteiger partial charge in [0.2, 0.25) is 0 Å². The van der Waals surface area contributed by atoms with Gasteiger partial charge in [0.05, 0.1) is 4.88 Å². The molecule has 2 heterocycles. The average molecular weight is 358 g/mol. The van der Waals surface area contributed by atoms with Crippen LogP contribution in [0.4, 0.5) is 0 Å². The minimum absolute atomic E-state index is 0.171. The van der Waals surface area contributed by atoms with Crippen LogP contribution in [-0.4, -0.2) is 23.9 Å². The number of ether oxygens (including phenoxy) is 1. The van der Waals surface area contributed by atoms with Gasteiger partial charge >= 0.3 is 0 Å². The van der Waals surface area contributed by atoms with Crippen molar-refractivity contribution in [1.29, 1.82) is 0 Å². The molecule has 0 N–H and O–H groups in total. The van der Waals surface area contributed by atoms with Gasteiger partial charge in [-0.1, -0.05) is 32.9 Å². The van der Waals surface area contributed by atoms with Crippen molar-refractivity contribution in [3.63, 3.8) is 0 Å². The molecular formula is C21H27NO2S. The van der Waals surface area contributed by atoms with Gasteiger partial charge in [0, 0.05) is 18.7 Å². The van der Waals surface area contributed by atoms with Crippen molar-refractivity contribution in [2.24, 2.45) is 5.92 Å². The van der Waals surface area contributed by atoms with Crippen molar-refractivity contribution < 1.29 is 9.53 Å². The first-order valence-electron chi connectivity index (χ1n) is 9.12. The van der Waals surface area contributed by atoms with Crippen molar-refractivity contribution in [2.45, 2.75) is 46.1 Å². The number of piperidine rings is 1. The first-order valence-corrected chi connectivity index (χ1v) is 10.0. The van der Waals surface area contributed by atoms with Crippen LogP contribution >= 0.6 is 11.3 Å². The molecule has 134 valence electrons. The van der Waals surface area contributed by atoms with Crippen molar-refractivity contribution in [2.75, 3.05) is 13.1 Å². The van der Waals surface area contributed by atoms with Gasteiger partial charge in [-0.05, 0) is 53.8 Å². The van der Waals surface area contributed by atoms with E-state index >= 15 is 0 Å². The Hall–Kier alpha value is -1.81. The molecule has 1 aromatic heterocycles. The molecular weight excluding hydrogens is 330 g/mol. The fourth-order valence-corrected chi connectivity index (χ4v) is 3.91. The highest BCUT2D eigenvalue weighted by molar-refractivity contribution is 7.12. The van der Waals surface area contributed by atoms with E-state index in [-0.39, 0.29) is 5.91 Å². The largest absolute Gasteiger partial charge is 0.489 e. The average Bonchev–Trinajstić information content (AvgIpc) is 3.09. The highest BCUT2D eigenvalue weighted by Gasteiger charge is 2.22. The predicted molar refractivity (Wildman–Crippen MR) is 103 cm³/mol. The summed E-state index contributed by atoms with van der Waals surface area (Å²) in [7, 11) is 0. The maximum atomic E-state index is 12.6. The zero-order chi connectivity index (χ0) is 17.8. The third kappa shape index (κ3) is 4.63. The second-order valence-corrected chi connectivity index (χ2v) is 8.22. The van der Waals surface area contributed by atoms with E-state index in [9.17, 15) is 4.79 Å². The van der Waals surface area contributed by atoms with Gasteiger partial charge in [0.25, 0.3) is 5.91 Å². The van der Waals surface area contributed by atoms with Gasteiger partial charge < -0.3 is 9.64 Å². The number of carbonyl (C=O) groups is 1. The lowest BCUT2D eigenvalue weighted by Gasteiger charge is -2.29. The Morgan fingerprint density at radius 1 is 1.24 bits per heavy atom. The van der Waals surface area contributed by atoms with Crippen molar-refractivity contribution in [3.05, 3.63) is 51.7 Å². The molecule has 2 aromatic rings. The van der Waals surface area contributed by atoms with Gasteiger partial charge in [-0.15, -0.1) is 11.3 Å². The van der Waals surface area contributed by atoms with Crippen LogP contribution in [0.25, 0.3) is 0 Å². The summed E-state index contributed by atoms with van der Waals surface area (Å²) in [4.78, 5) is 15.4. The molecule has 1 aliphatic rings. The Kier molecular flexibility index (Phi) is 5.79. The Bertz CT molecular complexity index is 697. The minimum Gasteiger partial charge on any atom is -0.489 e. The molecule has 0 saturated carbocycles. The number of thiophene rings is 1. The predicted octanol–water partition coefficient (Wildman–Crippen LogP) is 5.32. The number of likely N-dealkylation sites (tertiary alicyclic amines) is 1. The van der Waals surface area contributed by atoms with Crippen LogP contribution in [0.1, 0.15) is 60.3 Å². The SMILES string of the molecule is CC1CCN(C(=O)c2cc(COc3ccc(C(C)C)cc3)cs2)CC1. The molecule has 1 fully saturated rings. The fourth-order valence-electron chi connectivity index (χ4n) is 3.05. The van der Waals surface area contributed by atoms with Gasteiger partial charge in [-0.25, -0.2) is 0 Å². The monoisotopic (exact) mass is 357 g/mol.